The Hall–Kier alpha value is -2.21. The molecule has 0 unspecified atom stereocenters. The Kier molecular flexibility index (Phi) is 4.20. The summed E-state index contributed by atoms with van der Waals surface area (Å²) >= 11 is 0. The number of aryl methyl sites for hydroxylation is 1. The van der Waals surface area contributed by atoms with Crippen molar-refractivity contribution in [1.82, 2.24) is 19.9 Å². The molecule has 0 spiro atoms. The minimum Gasteiger partial charge on any atom is -0.393 e. The van der Waals surface area contributed by atoms with E-state index in [4.69, 9.17) is 0 Å². The Morgan fingerprint density at radius 3 is 2.82 bits per heavy atom. The third kappa shape index (κ3) is 3.17. The number of hydrogen-bond donors (Lipinski definition) is 2. The molecule has 2 heterocycles. The van der Waals surface area contributed by atoms with E-state index in [1.807, 2.05) is 18.2 Å². The number of nitrogens with one attached hydrogen (secondary N) is 1. The Bertz CT molecular complexity index is 635. The minimum absolute atomic E-state index is 0.0394. The molecule has 2 aromatic heterocycles. The minimum atomic E-state index is -0.249. The lowest BCUT2D eigenvalue weighted by atomic mass is 9.76. The van der Waals surface area contributed by atoms with Crippen LogP contribution in [0.25, 0.3) is 0 Å². The van der Waals surface area contributed by atoms with E-state index in [0.29, 0.717) is 12.2 Å². The van der Waals surface area contributed by atoms with Crippen LogP contribution in [0.5, 0.6) is 0 Å². The number of carbonyl (C=O) groups excluding carboxylic acids is 1. The molecule has 1 fully saturated rings. The highest BCUT2D eigenvalue weighted by molar-refractivity contribution is 5.91. The van der Waals surface area contributed by atoms with Crippen LogP contribution >= 0.6 is 0 Å². The molecule has 1 aliphatic rings. The number of hydrogen-bond acceptors (Lipinski definition) is 4. The summed E-state index contributed by atoms with van der Waals surface area (Å²) in [7, 11) is 1.79. The van der Waals surface area contributed by atoms with Crippen molar-refractivity contribution >= 4 is 5.91 Å². The molecular formula is C16H20N4O2. The zero-order valence-corrected chi connectivity index (χ0v) is 12.5. The molecule has 0 bridgehead atoms. The molecular weight excluding hydrogens is 280 g/mol. The highest BCUT2D eigenvalue weighted by Crippen LogP contribution is 2.31. The number of imidazole rings is 1. The number of nitrogens with zero attached hydrogens (tertiary/aromatic N) is 3. The van der Waals surface area contributed by atoms with Gasteiger partial charge in [-0.2, -0.15) is 0 Å². The largest absolute Gasteiger partial charge is 0.393 e. The molecule has 3 rings (SSSR count). The summed E-state index contributed by atoms with van der Waals surface area (Å²) in [5.74, 6) is 0.488. The average molecular weight is 300 g/mol. The Morgan fingerprint density at radius 1 is 1.41 bits per heavy atom. The van der Waals surface area contributed by atoms with Crippen LogP contribution in [0.2, 0.25) is 0 Å². The second kappa shape index (κ2) is 6.27. The molecule has 0 saturated heterocycles. The topological polar surface area (TPSA) is 80.0 Å². The number of rotatable bonds is 5. The van der Waals surface area contributed by atoms with Gasteiger partial charge in [0.15, 0.2) is 5.82 Å². The van der Waals surface area contributed by atoms with Crippen molar-refractivity contribution in [1.29, 1.82) is 0 Å². The zero-order chi connectivity index (χ0) is 15.5. The van der Waals surface area contributed by atoms with Crippen LogP contribution in [0.3, 0.4) is 0 Å². The van der Waals surface area contributed by atoms with Crippen molar-refractivity contribution < 1.29 is 9.90 Å². The van der Waals surface area contributed by atoms with Gasteiger partial charge in [-0.15, -0.1) is 0 Å². The van der Waals surface area contributed by atoms with Crippen LogP contribution in [0, 0.1) is 5.92 Å². The SMILES string of the molecule is Cn1ccnc1C(=O)N[C@@H](Cc1ccccn1)C1CC(O)C1. The fourth-order valence-electron chi connectivity index (χ4n) is 2.86. The molecule has 0 aromatic carbocycles. The molecule has 6 heteroatoms. The number of carbonyl (C=O) groups is 1. The van der Waals surface area contributed by atoms with Gasteiger partial charge in [0.1, 0.15) is 0 Å². The van der Waals surface area contributed by atoms with Crippen LogP contribution in [0.4, 0.5) is 0 Å². The van der Waals surface area contributed by atoms with Gasteiger partial charge in [-0.25, -0.2) is 4.98 Å². The summed E-state index contributed by atoms with van der Waals surface area (Å²) in [4.78, 5) is 20.8. The molecule has 1 saturated carbocycles. The van der Waals surface area contributed by atoms with Crippen LogP contribution in [-0.2, 0) is 13.5 Å². The number of aromatic nitrogens is 3. The van der Waals surface area contributed by atoms with E-state index in [-0.39, 0.29) is 24.0 Å². The van der Waals surface area contributed by atoms with E-state index in [1.165, 1.54) is 0 Å². The fourth-order valence-corrected chi connectivity index (χ4v) is 2.86. The fraction of sp³-hybridized carbons (Fsp3) is 0.438. The molecule has 116 valence electrons. The standard InChI is InChI=1S/C16H20N4O2/c1-20-7-6-18-15(20)16(22)19-14(11-8-13(21)9-11)10-12-4-2-3-5-17-12/h2-7,11,13-14,21H,8-10H2,1H3,(H,19,22)/t11?,13?,14-/m0/s1. The van der Waals surface area contributed by atoms with Gasteiger partial charge in [0.05, 0.1) is 6.10 Å². The van der Waals surface area contributed by atoms with Crippen LogP contribution in [-0.4, -0.2) is 37.7 Å². The lowest BCUT2D eigenvalue weighted by Gasteiger charge is -2.38. The van der Waals surface area contributed by atoms with Crippen molar-refractivity contribution in [2.75, 3.05) is 0 Å². The van der Waals surface area contributed by atoms with Crippen molar-refractivity contribution in [2.24, 2.45) is 13.0 Å². The van der Waals surface area contributed by atoms with E-state index >= 15 is 0 Å². The van der Waals surface area contributed by atoms with Gasteiger partial charge < -0.3 is 15.0 Å². The smallest absolute Gasteiger partial charge is 0.287 e. The van der Waals surface area contributed by atoms with Gasteiger partial charge in [-0.3, -0.25) is 9.78 Å². The highest BCUT2D eigenvalue weighted by Gasteiger charge is 2.35. The molecule has 1 amide bonds. The lowest BCUT2D eigenvalue weighted by molar-refractivity contribution is 0.0236. The first kappa shape index (κ1) is 14.7. The average Bonchev–Trinajstić information content (AvgIpc) is 2.91. The summed E-state index contributed by atoms with van der Waals surface area (Å²) in [5, 5.41) is 12.6. The number of aliphatic hydroxyl groups excluding tert-OH is 1. The first-order valence-corrected chi connectivity index (χ1v) is 7.49. The highest BCUT2D eigenvalue weighted by atomic mass is 16.3. The molecule has 22 heavy (non-hydrogen) atoms. The van der Waals surface area contributed by atoms with Crippen molar-refractivity contribution in [2.45, 2.75) is 31.4 Å². The van der Waals surface area contributed by atoms with Gasteiger partial charge in [-0.1, -0.05) is 6.07 Å². The maximum absolute atomic E-state index is 12.4. The van der Waals surface area contributed by atoms with Crippen LogP contribution in [0.15, 0.2) is 36.8 Å². The summed E-state index contributed by atoms with van der Waals surface area (Å²) in [6.07, 6.45) is 6.96. The Balaban J connectivity index is 1.71. The lowest BCUT2D eigenvalue weighted by Crippen LogP contribution is -2.48. The van der Waals surface area contributed by atoms with E-state index in [0.717, 1.165) is 18.5 Å². The summed E-state index contributed by atoms with van der Waals surface area (Å²) in [5.41, 5.74) is 0.939. The van der Waals surface area contributed by atoms with Crippen LogP contribution < -0.4 is 5.32 Å². The van der Waals surface area contributed by atoms with E-state index in [1.54, 1.807) is 30.2 Å². The molecule has 2 aromatic rings. The van der Waals surface area contributed by atoms with Crippen LogP contribution in [0.1, 0.15) is 29.2 Å². The predicted molar refractivity (Wildman–Crippen MR) is 81.1 cm³/mol. The van der Waals surface area contributed by atoms with E-state index < -0.39 is 0 Å². The predicted octanol–water partition coefficient (Wildman–Crippen LogP) is 0.927. The maximum Gasteiger partial charge on any atom is 0.287 e. The second-order valence-electron chi connectivity index (χ2n) is 5.85. The number of pyridine rings is 1. The van der Waals surface area contributed by atoms with Crippen molar-refractivity contribution in [3.63, 3.8) is 0 Å². The third-order valence-electron chi connectivity index (χ3n) is 4.21. The van der Waals surface area contributed by atoms with Gasteiger partial charge in [0.25, 0.3) is 5.91 Å². The summed E-state index contributed by atoms with van der Waals surface area (Å²) in [6, 6.07) is 5.73. The molecule has 0 aliphatic heterocycles. The number of amides is 1. The molecule has 2 N–H and O–H groups in total. The molecule has 1 atom stereocenters. The molecule has 1 aliphatic carbocycles. The van der Waals surface area contributed by atoms with Gasteiger partial charge in [-0.05, 0) is 30.9 Å². The Morgan fingerprint density at radius 2 is 2.23 bits per heavy atom. The third-order valence-corrected chi connectivity index (χ3v) is 4.21. The first-order valence-electron chi connectivity index (χ1n) is 7.49. The Labute approximate surface area is 129 Å². The quantitative estimate of drug-likeness (QED) is 0.861. The maximum atomic E-state index is 12.4. The normalized spacial score (nSPS) is 21.9. The molecule has 6 nitrogen and oxygen atoms in total. The summed E-state index contributed by atoms with van der Waals surface area (Å²) in [6.45, 7) is 0. The first-order chi connectivity index (χ1) is 10.6. The van der Waals surface area contributed by atoms with Gasteiger partial charge >= 0.3 is 0 Å². The van der Waals surface area contributed by atoms with E-state index in [9.17, 15) is 9.90 Å². The summed E-state index contributed by atoms with van der Waals surface area (Å²) < 4.78 is 1.70. The van der Waals surface area contributed by atoms with Gasteiger partial charge in [0, 0.05) is 43.8 Å². The van der Waals surface area contributed by atoms with Gasteiger partial charge in [0.2, 0.25) is 0 Å². The zero-order valence-electron chi connectivity index (χ0n) is 12.5. The van der Waals surface area contributed by atoms with Crippen molar-refractivity contribution in [3.05, 3.63) is 48.3 Å². The molecule has 0 radical (unpaired) electrons. The van der Waals surface area contributed by atoms with Crippen molar-refractivity contribution in [3.8, 4) is 0 Å². The number of aliphatic hydroxyl groups is 1. The monoisotopic (exact) mass is 300 g/mol. The van der Waals surface area contributed by atoms with E-state index in [2.05, 4.69) is 15.3 Å². The second-order valence-corrected chi connectivity index (χ2v) is 5.85.